The van der Waals surface area contributed by atoms with E-state index in [2.05, 4.69) is 20.8 Å². The van der Waals surface area contributed by atoms with E-state index in [1.54, 1.807) is 28.6 Å². The van der Waals surface area contributed by atoms with Gasteiger partial charge in [-0.1, -0.05) is 48.2 Å². The molecule has 0 aliphatic rings. The van der Waals surface area contributed by atoms with Crippen molar-refractivity contribution in [1.82, 2.24) is 25.5 Å². The van der Waals surface area contributed by atoms with Crippen LogP contribution in [0.1, 0.15) is 22.3 Å². The summed E-state index contributed by atoms with van der Waals surface area (Å²) in [6.07, 6.45) is 0.918. The number of thioether (sulfide) groups is 1. The molecule has 2 aromatic carbocycles. The summed E-state index contributed by atoms with van der Waals surface area (Å²) in [6, 6.07) is 16.8. The van der Waals surface area contributed by atoms with Crippen molar-refractivity contribution in [2.75, 3.05) is 12.3 Å². The Labute approximate surface area is 167 Å². The van der Waals surface area contributed by atoms with Crippen LogP contribution >= 0.6 is 24.2 Å². The summed E-state index contributed by atoms with van der Waals surface area (Å²) in [4.78, 5) is 11.2. The summed E-state index contributed by atoms with van der Waals surface area (Å²) in [7, 11) is 0. The van der Waals surface area contributed by atoms with Crippen molar-refractivity contribution in [3.63, 3.8) is 0 Å². The van der Waals surface area contributed by atoms with Gasteiger partial charge in [-0.2, -0.15) is 4.68 Å². The first kappa shape index (κ1) is 20.9. The van der Waals surface area contributed by atoms with Crippen molar-refractivity contribution < 1.29 is 9.90 Å². The standard InChI is InChI=1S/C18H19N5O2S.ClH/c24-17(25)16-10-5-4-7-14(16)13-19-11-6-12-26-18-20-21-22-23(18)15-8-2-1-3-9-15;/h1-5,7-10,19H,6,11-13H2,(H,24,25);1H. The maximum Gasteiger partial charge on any atom is 0.336 e. The molecule has 142 valence electrons. The van der Waals surface area contributed by atoms with E-state index >= 15 is 0 Å². The molecule has 9 heteroatoms. The second-order valence-corrected chi connectivity index (χ2v) is 6.61. The molecule has 0 spiro atoms. The maximum atomic E-state index is 11.2. The number of carboxylic acids is 1. The molecule has 7 nitrogen and oxygen atoms in total. The fraction of sp³-hybridized carbons (Fsp3) is 0.222. The zero-order chi connectivity index (χ0) is 18.2. The quantitative estimate of drug-likeness (QED) is 0.417. The summed E-state index contributed by atoms with van der Waals surface area (Å²) in [5.41, 5.74) is 2.07. The van der Waals surface area contributed by atoms with Crippen LogP contribution in [0, 0.1) is 0 Å². The van der Waals surface area contributed by atoms with Gasteiger partial charge in [-0.3, -0.25) is 0 Å². The summed E-state index contributed by atoms with van der Waals surface area (Å²) in [5.74, 6) is -0.0356. The largest absolute Gasteiger partial charge is 0.478 e. The van der Waals surface area contributed by atoms with E-state index < -0.39 is 5.97 Å². The Morgan fingerprint density at radius 2 is 1.85 bits per heavy atom. The highest BCUT2D eigenvalue weighted by atomic mass is 35.5. The number of nitrogens with one attached hydrogen (secondary N) is 1. The molecule has 3 aromatic rings. The minimum absolute atomic E-state index is 0. The molecular weight excluding hydrogens is 386 g/mol. The predicted octanol–water partition coefficient (Wildman–Crippen LogP) is 3.05. The van der Waals surface area contributed by atoms with E-state index in [1.807, 2.05) is 42.5 Å². The Kier molecular flexibility index (Phi) is 8.25. The summed E-state index contributed by atoms with van der Waals surface area (Å²) < 4.78 is 1.72. The number of nitrogens with zero attached hydrogens (tertiary/aromatic N) is 4. The normalized spacial score (nSPS) is 10.4. The van der Waals surface area contributed by atoms with Gasteiger partial charge in [0.25, 0.3) is 0 Å². The van der Waals surface area contributed by atoms with E-state index in [9.17, 15) is 9.90 Å². The van der Waals surface area contributed by atoms with Crippen LogP contribution in [0.15, 0.2) is 59.8 Å². The SMILES string of the molecule is Cl.O=C(O)c1ccccc1CNCCCSc1nnnn1-c1ccccc1. The van der Waals surface area contributed by atoms with Crippen molar-refractivity contribution in [2.24, 2.45) is 0 Å². The monoisotopic (exact) mass is 405 g/mol. The molecule has 0 aliphatic carbocycles. The van der Waals surface area contributed by atoms with Gasteiger partial charge in [-0.25, -0.2) is 4.79 Å². The third-order valence-electron chi connectivity index (χ3n) is 3.73. The topological polar surface area (TPSA) is 92.9 Å². The van der Waals surface area contributed by atoms with Crippen molar-refractivity contribution in [3.05, 3.63) is 65.7 Å². The molecule has 27 heavy (non-hydrogen) atoms. The van der Waals surface area contributed by atoms with Gasteiger partial charge in [0.15, 0.2) is 0 Å². The second kappa shape index (κ2) is 10.7. The number of tetrazole rings is 1. The predicted molar refractivity (Wildman–Crippen MR) is 107 cm³/mol. The molecule has 1 aromatic heterocycles. The number of aromatic nitrogens is 4. The summed E-state index contributed by atoms with van der Waals surface area (Å²) >= 11 is 1.60. The fourth-order valence-corrected chi connectivity index (χ4v) is 3.30. The van der Waals surface area contributed by atoms with Gasteiger partial charge in [0.05, 0.1) is 11.3 Å². The van der Waals surface area contributed by atoms with E-state index in [0.717, 1.165) is 35.1 Å². The number of rotatable bonds is 9. The Morgan fingerprint density at radius 3 is 2.63 bits per heavy atom. The lowest BCUT2D eigenvalue weighted by Crippen LogP contribution is -2.17. The van der Waals surface area contributed by atoms with Crippen LogP contribution in [0.3, 0.4) is 0 Å². The number of para-hydroxylation sites is 1. The highest BCUT2D eigenvalue weighted by Gasteiger charge is 2.09. The van der Waals surface area contributed by atoms with Crippen LogP contribution in [-0.2, 0) is 6.54 Å². The van der Waals surface area contributed by atoms with Crippen LogP contribution in [-0.4, -0.2) is 43.6 Å². The van der Waals surface area contributed by atoms with E-state index in [-0.39, 0.29) is 12.4 Å². The highest BCUT2D eigenvalue weighted by Crippen LogP contribution is 2.18. The van der Waals surface area contributed by atoms with Gasteiger partial charge in [0.1, 0.15) is 0 Å². The van der Waals surface area contributed by atoms with Crippen molar-refractivity contribution >= 4 is 30.1 Å². The van der Waals surface area contributed by atoms with Crippen LogP contribution in [0.5, 0.6) is 0 Å². The first-order chi connectivity index (χ1) is 12.8. The van der Waals surface area contributed by atoms with Crippen LogP contribution in [0.25, 0.3) is 5.69 Å². The third-order valence-corrected chi connectivity index (χ3v) is 4.74. The molecule has 0 fully saturated rings. The number of hydrogen-bond acceptors (Lipinski definition) is 6. The van der Waals surface area contributed by atoms with Gasteiger partial charge >= 0.3 is 5.97 Å². The van der Waals surface area contributed by atoms with Gasteiger partial charge in [-0.15, -0.1) is 17.5 Å². The van der Waals surface area contributed by atoms with Gasteiger partial charge in [0.2, 0.25) is 5.16 Å². The minimum atomic E-state index is -0.897. The first-order valence-corrected chi connectivity index (χ1v) is 9.23. The lowest BCUT2D eigenvalue weighted by Gasteiger charge is -2.08. The molecule has 0 bridgehead atoms. The average molecular weight is 406 g/mol. The smallest absolute Gasteiger partial charge is 0.336 e. The molecule has 0 saturated carbocycles. The Morgan fingerprint density at radius 1 is 1.11 bits per heavy atom. The molecule has 0 unspecified atom stereocenters. The Bertz CT molecular complexity index is 860. The maximum absolute atomic E-state index is 11.2. The molecule has 0 saturated heterocycles. The number of carbonyl (C=O) groups is 1. The molecule has 1 heterocycles. The molecular formula is C18H20ClN5O2S. The molecule has 0 atom stereocenters. The molecule has 0 aliphatic heterocycles. The number of benzene rings is 2. The molecule has 3 rings (SSSR count). The molecule has 0 amide bonds. The number of hydrogen-bond donors (Lipinski definition) is 2. The van der Waals surface area contributed by atoms with Crippen molar-refractivity contribution in [1.29, 1.82) is 0 Å². The van der Waals surface area contributed by atoms with Gasteiger partial charge in [0, 0.05) is 12.3 Å². The highest BCUT2D eigenvalue weighted by molar-refractivity contribution is 7.99. The second-order valence-electron chi connectivity index (χ2n) is 5.55. The lowest BCUT2D eigenvalue weighted by molar-refractivity contribution is 0.0695. The third kappa shape index (κ3) is 5.78. The van der Waals surface area contributed by atoms with Crippen molar-refractivity contribution in [2.45, 2.75) is 18.1 Å². The van der Waals surface area contributed by atoms with Crippen molar-refractivity contribution in [3.8, 4) is 5.69 Å². The van der Waals surface area contributed by atoms with Gasteiger partial charge < -0.3 is 10.4 Å². The van der Waals surface area contributed by atoms with Crippen LogP contribution in [0.4, 0.5) is 0 Å². The zero-order valence-electron chi connectivity index (χ0n) is 14.5. The number of aromatic carboxylic acids is 1. The average Bonchev–Trinajstić information content (AvgIpc) is 3.14. The van der Waals surface area contributed by atoms with E-state index in [0.29, 0.717) is 12.1 Å². The summed E-state index contributed by atoms with van der Waals surface area (Å²) in [5, 5.41) is 25.1. The number of halogens is 1. The number of carboxylic acid groups (broad SMARTS) is 1. The van der Waals surface area contributed by atoms with Crippen LogP contribution in [0.2, 0.25) is 0 Å². The first-order valence-electron chi connectivity index (χ1n) is 8.24. The minimum Gasteiger partial charge on any atom is -0.478 e. The Balaban J connectivity index is 0.00000261. The Hall–Kier alpha value is -2.42. The van der Waals surface area contributed by atoms with E-state index in [1.165, 1.54) is 0 Å². The van der Waals surface area contributed by atoms with Crippen LogP contribution < -0.4 is 5.32 Å². The molecule has 0 radical (unpaired) electrons. The zero-order valence-corrected chi connectivity index (χ0v) is 16.1. The van der Waals surface area contributed by atoms with E-state index in [4.69, 9.17) is 0 Å². The lowest BCUT2D eigenvalue weighted by atomic mass is 10.1. The van der Waals surface area contributed by atoms with Gasteiger partial charge in [-0.05, 0) is 47.2 Å². The summed E-state index contributed by atoms with van der Waals surface area (Å²) in [6.45, 7) is 1.32. The fourth-order valence-electron chi connectivity index (χ4n) is 2.47. The molecule has 2 N–H and O–H groups in total.